The summed E-state index contributed by atoms with van der Waals surface area (Å²) in [7, 11) is 1.73. The van der Waals surface area contributed by atoms with Gasteiger partial charge in [-0.3, -0.25) is 5.10 Å². The fraction of sp³-hybridized carbons (Fsp3) is 0.300. The van der Waals surface area contributed by atoms with E-state index in [4.69, 9.17) is 19.4 Å². The van der Waals surface area contributed by atoms with Crippen molar-refractivity contribution < 1.29 is 9.47 Å². The summed E-state index contributed by atoms with van der Waals surface area (Å²) in [5.41, 5.74) is 4.65. The summed E-state index contributed by atoms with van der Waals surface area (Å²) in [5.74, 6) is 2.88. The third kappa shape index (κ3) is 5.40. The molecule has 194 valence electrons. The molecule has 1 saturated carbocycles. The van der Waals surface area contributed by atoms with Gasteiger partial charge in [0.05, 0.1) is 23.8 Å². The number of H-pyrrole nitrogens is 1. The van der Waals surface area contributed by atoms with E-state index < -0.39 is 0 Å². The Morgan fingerprint density at radius 2 is 1.95 bits per heavy atom. The second-order valence-corrected chi connectivity index (χ2v) is 9.86. The molecule has 3 N–H and O–H groups in total. The van der Waals surface area contributed by atoms with Crippen molar-refractivity contribution in [3.63, 3.8) is 0 Å². The Bertz CT molecular complexity index is 1560. The summed E-state index contributed by atoms with van der Waals surface area (Å²) < 4.78 is 11.7. The lowest BCUT2D eigenvalue weighted by Crippen LogP contribution is -2.21. The smallest absolute Gasteiger partial charge is 0.162 e. The van der Waals surface area contributed by atoms with Gasteiger partial charge in [-0.1, -0.05) is 25.5 Å². The second kappa shape index (κ2) is 10.7. The lowest BCUT2D eigenvalue weighted by molar-refractivity contribution is 0.117. The van der Waals surface area contributed by atoms with E-state index in [1.54, 1.807) is 7.11 Å². The maximum absolute atomic E-state index is 6.07. The van der Waals surface area contributed by atoms with Gasteiger partial charge in [-0.25, -0.2) is 9.97 Å². The number of benzene rings is 3. The van der Waals surface area contributed by atoms with E-state index in [0.717, 1.165) is 69.8 Å². The van der Waals surface area contributed by atoms with E-state index >= 15 is 0 Å². The average molecular weight is 509 g/mol. The van der Waals surface area contributed by atoms with Gasteiger partial charge in [0, 0.05) is 34.8 Å². The zero-order valence-electron chi connectivity index (χ0n) is 21.7. The minimum absolute atomic E-state index is 0.0445. The summed E-state index contributed by atoms with van der Waals surface area (Å²) in [6, 6.07) is 20.3. The molecule has 3 aromatic carbocycles. The number of rotatable bonds is 11. The van der Waals surface area contributed by atoms with Gasteiger partial charge in [0.2, 0.25) is 0 Å². The van der Waals surface area contributed by atoms with Crippen LogP contribution in [0.3, 0.4) is 0 Å². The molecule has 2 heterocycles. The SMILES string of the molecule is CCCC(Nc1cccc(-c2nc(Nc3ccc4[nH]ncc4c3)c3cc(OCC4CC4)ccc3n2)c1)OC. The van der Waals surface area contributed by atoms with Crippen LogP contribution in [0.4, 0.5) is 17.2 Å². The van der Waals surface area contributed by atoms with Gasteiger partial charge >= 0.3 is 0 Å². The van der Waals surface area contributed by atoms with Crippen LogP contribution in [0, 0.1) is 5.92 Å². The molecule has 1 unspecified atom stereocenters. The number of ether oxygens (including phenoxy) is 2. The van der Waals surface area contributed by atoms with Gasteiger partial charge in [-0.05, 0) is 73.7 Å². The Labute approximate surface area is 221 Å². The van der Waals surface area contributed by atoms with Crippen molar-refractivity contribution in [2.45, 2.75) is 38.8 Å². The maximum atomic E-state index is 6.07. The molecular formula is C30H32N6O2. The van der Waals surface area contributed by atoms with Crippen molar-refractivity contribution in [2.75, 3.05) is 24.4 Å². The number of hydrogen-bond donors (Lipinski definition) is 3. The third-order valence-corrected chi connectivity index (χ3v) is 6.84. The van der Waals surface area contributed by atoms with Crippen molar-refractivity contribution in [3.05, 3.63) is 66.9 Å². The molecule has 38 heavy (non-hydrogen) atoms. The summed E-state index contributed by atoms with van der Waals surface area (Å²) in [4.78, 5) is 9.93. The molecule has 1 atom stereocenters. The Balaban J connectivity index is 1.38. The largest absolute Gasteiger partial charge is 0.493 e. The van der Waals surface area contributed by atoms with E-state index in [0.29, 0.717) is 11.7 Å². The van der Waals surface area contributed by atoms with Crippen LogP contribution in [0.25, 0.3) is 33.2 Å². The van der Waals surface area contributed by atoms with Gasteiger partial charge in [0.25, 0.3) is 0 Å². The van der Waals surface area contributed by atoms with Crippen LogP contribution in [0.5, 0.6) is 5.75 Å². The number of fused-ring (bicyclic) bond motifs is 2. The first-order valence-electron chi connectivity index (χ1n) is 13.2. The predicted octanol–water partition coefficient (Wildman–Crippen LogP) is 6.89. The van der Waals surface area contributed by atoms with Crippen LogP contribution in [-0.2, 0) is 4.74 Å². The molecular weight excluding hydrogens is 476 g/mol. The molecule has 0 spiro atoms. The van der Waals surface area contributed by atoms with E-state index in [1.165, 1.54) is 12.8 Å². The van der Waals surface area contributed by atoms with E-state index in [2.05, 4.69) is 39.9 Å². The van der Waals surface area contributed by atoms with E-state index in [1.807, 2.05) is 54.7 Å². The van der Waals surface area contributed by atoms with E-state index in [-0.39, 0.29) is 6.23 Å². The molecule has 5 aromatic rings. The standard InChI is InChI=1S/C30H32N6O2/c1-3-5-28(37-2)32-22-7-4-6-20(14-22)29-34-27-13-11-24(38-18-19-8-9-19)16-25(27)30(35-29)33-23-10-12-26-21(15-23)17-31-36-26/h4,6-7,10-17,19,28,32H,3,5,8-9,18H2,1-2H3,(H,31,36)(H,33,34,35). The number of nitrogens with zero attached hydrogens (tertiary/aromatic N) is 3. The molecule has 0 saturated heterocycles. The molecule has 0 bridgehead atoms. The Hall–Kier alpha value is -4.17. The zero-order chi connectivity index (χ0) is 25.9. The fourth-order valence-electron chi connectivity index (χ4n) is 4.52. The average Bonchev–Trinajstić information content (AvgIpc) is 3.66. The Morgan fingerprint density at radius 3 is 2.79 bits per heavy atom. The highest BCUT2D eigenvalue weighted by Gasteiger charge is 2.22. The number of anilines is 3. The first-order chi connectivity index (χ1) is 18.7. The number of nitrogens with one attached hydrogen (secondary N) is 3. The number of aromatic amines is 1. The molecule has 1 aliphatic carbocycles. The Morgan fingerprint density at radius 1 is 1.03 bits per heavy atom. The maximum Gasteiger partial charge on any atom is 0.162 e. The topological polar surface area (TPSA) is 97.0 Å². The van der Waals surface area contributed by atoms with Gasteiger partial charge < -0.3 is 20.1 Å². The van der Waals surface area contributed by atoms with Crippen LogP contribution < -0.4 is 15.4 Å². The lowest BCUT2D eigenvalue weighted by Gasteiger charge is -2.18. The van der Waals surface area contributed by atoms with Gasteiger partial charge in [0.1, 0.15) is 17.8 Å². The van der Waals surface area contributed by atoms with Gasteiger partial charge in [0.15, 0.2) is 5.82 Å². The molecule has 6 rings (SSSR count). The highest BCUT2D eigenvalue weighted by atomic mass is 16.5. The van der Waals surface area contributed by atoms with Crippen molar-refractivity contribution in [2.24, 2.45) is 5.92 Å². The van der Waals surface area contributed by atoms with Crippen LogP contribution >= 0.6 is 0 Å². The molecule has 0 aliphatic heterocycles. The molecule has 2 aromatic heterocycles. The molecule has 1 fully saturated rings. The molecule has 0 radical (unpaired) electrons. The predicted molar refractivity (Wildman–Crippen MR) is 152 cm³/mol. The Kier molecular flexibility index (Phi) is 6.79. The molecule has 8 heteroatoms. The van der Waals surface area contributed by atoms with E-state index in [9.17, 15) is 0 Å². The monoisotopic (exact) mass is 508 g/mol. The first-order valence-corrected chi connectivity index (χ1v) is 13.2. The van der Waals surface area contributed by atoms with Crippen LogP contribution in [-0.4, -0.2) is 40.1 Å². The quantitative estimate of drug-likeness (QED) is 0.167. The number of methoxy groups -OCH3 is 1. The van der Waals surface area contributed by atoms with Crippen LogP contribution in [0.2, 0.25) is 0 Å². The summed E-state index contributed by atoms with van der Waals surface area (Å²) in [5, 5.41) is 16.1. The molecule has 1 aliphatic rings. The highest BCUT2D eigenvalue weighted by molar-refractivity contribution is 5.94. The zero-order valence-corrected chi connectivity index (χ0v) is 21.7. The highest BCUT2D eigenvalue weighted by Crippen LogP contribution is 2.33. The second-order valence-electron chi connectivity index (χ2n) is 9.86. The first kappa shape index (κ1) is 24.2. The lowest BCUT2D eigenvalue weighted by atomic mass is 10.1. The minimum atomic E-state index is -0.0445. The normalized spacial score (nSPS) is 14.1. The van der Waals surface area contributed by atoms with Crippen molar-refractivity contribution in [3.8, 4) is 17.1 Å². The summed E-state index contributed by atoms with van der Waals surface area (Å²) in [6.45, 7) is 2.90. The third-order valence-electron chi connectivity index (χ3n) is 6.84. The molecule has 8 nitrogen and oxygen atoms in total. The van der Waals surface area contributed by atoms with Gasteiger partial charge in [-0.15, -0.1) is 0 Å². The van der Waals surface area contributed by atoms with Gasteiger partial charge in [-0.2, -0.15) is 5.10 Å². The molecule has 0 amide bonds. The number of aromatic nitrogens is 4. The number of hydrogen-bond acceptors (Lipinski definition) is 7. The summed E-state index contributed by atoms with van der Waals surface area (Å²) in [6.07, 6.45) is 6.23. The van der Waals surface area contributed by atoms with Crippen LogP contribution in [0.15, 0.2) is 66.9 Å². The fourth-order valence-corrected chi connectivity index (χ4v) is 4.52. The van der Waals surface area contributed by atoms with Crippen molar-refractivity contribution in [1.82, 2.24) is 20.2 Å². The van der Waals surface area contributed by atoms with Crippen molar-refractivity contribution in [1.29, 1.82) is 0 Å². The minimum Gasteiger partial charge on any atom is -0.493 e. The summed E-state index contributed by atoms with van der Waals surface area (Å²) >= 11 is 0. The van der Waals surface area contributed by atoms with Crippen molar-refractivity contribution >= 4 is 39.0 Å². The van der Waals surface area contributed by atoms with Crippen LogP contribution in [0.1, 0.15) is 32.6 Å².